The molecule has 0 aromatic heterocycles. The molecular weight excluding hydrogens is 520 g/mol. The molecule has 0 fully saturated rings. The maximum absolute atomic E-state index is 13.6. The van der Waals surface area contributed by atoms with Gasteiger partial charge in [0.15, 0.2) is 6.61 Å². The van der Waals surface area contributed by atoms with Crippen molar-refractivity contribution in [3.8, 4) is 11.5 Å². The maximum atomic E-state index is 13.6. The monoisotopic (exact) mass is 552 g/mol. The zero-order valence-electron chi connectivity index (χ0n) is 21.2. The minimum absolute atomic E-state index is 0.197. The van der Waals surface area contributed by atoms with Crippen LogP contribution in [0.2, 0.25) is 0 Å². The van der Waals surface area contributed by atoms with Gasteiger partial charge in [-0.1, -0.05) is 58.4 Å². The Morgan fingerprint density at radius 2 is 1.50 bits per heavy atom. The van der Waals surface area contributed by atoms with Crippen molar-refractivity contribution >= 4 is 27.7 Å². The van der Waals surface area contributed by atoms with Gasteiger partial charge in [0.2, 0.25) is 5.91 Å². The van der Waals surface area contributed by atoms with Crippen molar-refractivity contribution in [2.45, 2.75) is 45.3 Å². The van der Waals surface area contributed by atoms with Crippen molar-refractivity contribution in [2.24, 2.45) is 0 Å². The number of methoxy groups -OCH3 is 1. The number of hydrogen-bond acceptors (Lipinski definition) is 4. The van der Waals surface area contributed by atoms with Crippen LogP contribution in [0.15, 0.2) is 83.3 Å². The maximum Gasteiger partial charge on any atom is 0.261 e. The minimum atomic E-state index is -0.720. The van der Waals surface area contributed by atoms with Crippen LogP contribution in [0.1, 0.15) is 31.9 Å². The molecule has 0 aliphatic carbocycles. The number of amides is 2. The number of rotatable bonds is 10. The highest BCUT2D eigenvalue weighted by Crippen LogP contribution is 2.20. The quantitative estimate of drug-likeness (QED) is 0.366. The lowest BCUT2D eigenvalue weighted by Gasteiger charge is -2.33. The van der Waals surface area contributed by atoms with Gasteiger partial charge >= 0.3 is 0 Å². The summed E-state index contributed by atoms with van der Waals surface area (Å²) < 4.78 is 11.9. The fourth-order valence-corrected chi connectivity index (χ4v) is 3.96. The predicted molar refractivity (Wildman–Crippen MR) is 145 cm³/mol. The topological polar surface area (TPSA) is 67.9 Å². The number of benzene rings is 3. The molecule has 0 aliphatic heterocycles. The molecule has 3 aromatic rings. The van der Waals surface area contributed by atoms with Gasteiger partial charge in [0.1, 0.15) is 17.5 Å². The van der Waals surface area contributed by atoms with E-state index in [-0.39, 0.29) is 25.0 Å². The Labute approximate surface area is 221 Å². The van der Waals surface area contributed by atoms with Gasteiger partial charge in [0.25, 0.3) is 5.91 Å². The molecule has 1 atom stereocenters. The Morgan fingerprint density at radius 1 is 0.889 bits per heavy atom. The van der Waals surface area contributed by atoms with Crippen LogP contribution >= 0.6 is 15.9 Å². The van der Waals surface area contributed by atoms with Crippen LogP contribution in [-0.2, 0) is 22.6 Å². The third kappa shape index (κ3) is 8.41. The lowest BCUT2D eigenvalue weighted by atomic mass is 10.0. The number of nitrogens with zero attached hydrogens (tertiary/aromatic N) is 1. The van der Waals surface area contributed by atoms with Crippen molar-refractivity contribution in [2.75, 3.05) is 13.7 Å². The average Bonchev–Trinajstić information content (AvgIpc) is 2.85. The van der Waals surface area contributed by atoms with Crippen molar-refractivity contribution in [3.05, 3.63) is 94.5 Å². The van der Waals surface area contributed by atoms with Crippen LogP contribution in [0.4, 0.5) is 0 Å². The van der Waals surface area contributed by atoms with E-state index in [1.165, 1.54) is 0 Å². The number of carbonyl (C=O) groups is 2. The summed E-state index contributed by atoms with van der Waals surface area (Å²) in [5, 5.41) is 3.06. The number of ether oxygens (including phenoxy) is 2. The summed E-state index contributed by atoms with van der Waals surface area (Å²) in [7, 11) is 1.59. The molecule has 0 heterocycles. The first-order valence-corrected chi connectivity index (χ1v) is 12.6. The van der Waals surface area contributed by atoms with E-state index in [1.54, 1.807) is 36.3 Å². The Morgan fingerprint density at radius 3 is 2.08 bits per heavy atom. The summed E-state index contributed by atoms with van der Waals surface area (Å²) in [6, 6.07) is 23.8. The molecular formula is C29H33BrN2O4. The van der Waals surface area contributed by atoms with E-state index in [2.05, 4.69) is 21.2 Å². The van der Waals surface area contributed by atoms with Crippen LogP contribution in [-0.4, -0.2) is 42.0 Å². The second kappa shape index (κ2) is 12.6. The van der Waals surface area contributed by atoms with Crippen molar-refractivity contribution in [1.29, 1.82) is 0 Å². The van der Waals surface area contributed by atoms with E-state index in [0.29, 0.717) is 17.9 Å². The van der Waals surface area contributed by atoms with Gasteiger partial charge in [-0.15, -0.1) is 0 Å². The molecule has 0 spiro atoms. The summed E-state index contributed by atoms with van der Waals surface area (Å²) in [6.45, 7) is 5.86. The molecule has 3 rings (SSSR count). The van der Waals surface area contributed by atoms with Gasteiger partial charge in [-0.3, -0.25) is 9.59 Å². The number of carbonyl (C=O) groups excluding carboxylic acids is 2. The Kier molecular flexibility index (Phi) is 9.53. The van der Waals surface area contributed by atoms with Gasteiger partial charge in [-0.25, -0.2) is 0 Å². The van der Waals surface area contributed by atoms with Crippen LogP contribution in [0, 0.1) is 0 Å². The summed E-state index contributed by atoms with van der Waals surface area (Å²) >= 11 is 3.46. The van der Waals surface area contributed by atoms with E-state index in [1.807, 2.05) is 75.4 Å². The molecule has 0 bridgehead atoms. The summed E-state index contributed by atoms with van der Waals surface area (Å²) in [6.07, 6.45) is 0.382. The normalized spacial score (nSPS) is 11.9. The van der Waals surface area contributed by atoms with Crippen LogP contribution < -0.4 is 14.8 Å². The van der Waals surface area contributed by atoms with Crippen LogP contribution in [0.25, 0.3) is 0 Å². The van der Waals surface area contributed by atoms with Crippen molar-refractivity contribution in [3.63, 3.8) is 0 Å². The van der Waals surface area contributed by atoms with E-state index < -0.39 is 11.6 Å². The molecule has 2 amide bonds. The first kappa shape index (κ1) is 27.3. The number of halogens is 1. The molecule has 0 saturated carbocycles. The predicted octanol–water partition coefficient (Wildman–Crippen LogP) is 5.39. The van der Waals surface area contributed by atoms with Gasteiger partial charge in [-0.2, -0.15) is 0 Å². The Hall–Kier alpha value is -3.32. The standard InChI is InChI=1S/C29H33BrN2O4/c1-29(2,3)31-28(34)26(18-21-8-6-5-7-9-21)32(19-22-10-12-23(30)13-11-22)27(33)20-36-25-16-14-24(35-4)15-17-25/h5-17,26H,18-20H2,1-4H3,(H,31,34)/t26-/m0/s1. The second-order valence-corrected chi connectivity index (χ2v) is 10.5. The number of hydrogen-bond donors (Lipinski definition) is 1. The zero-order valence-corrected chi connectivity index (χ0v) is 22.7. The van der Waals surface area contributed by atoms with E-state index >= 15 is 0 Å². The Bertz CT molecular complexity index is 1130. The largest absolute Gasteiger partial charge is 0.497 e. The fourth-order valence-electron chi connectivity index (χ4n) is 3.69. The number of nitrogens with one attached hydrogen (secondary N) is 1. The lowest BCUT2D eigenvalue weighted by Crippen LogP contribution is -2.55. The second-order valence-electron chi connectivity index (χ2n) is 9.56. The third-order valence-electron chi connectivity index (χ3n) is 5.46. The molecule has 1 N–H and O–H groups in total. The average molecular weight is 553 g/mol. The molecule has 7 heteroatoms. The molecule has 6 nitrogen and oxygen atoms in total. The van der Waals surface area contributed by atoms with Crippen LogP contribution in [0.3, 0.4) is 0 Å². The molecule has 0 unspecified atom stereocenters. The van der Waals surface area contributed by atoms with Gasteiger partial charge in [0.05, 0.1) is 7.11 Å². The molecule has 36 heavy (non-hydrogen) atoms. The van der Waals surface area contributed by atoms with E-state index in [4.69, 9.17) is 9.47 Å². The molecule has 190 valence electrons. The first-order chi connectivity index (χ1) is 17.1. The smallest absolute Gasteiger partial charge is 0.261 e. The molecule has 3 aromatic carbocycles. The fraction of sp³-hybridized carbons (Fsp3) is 0.310. The van der Waals surface area contributed by atoms with E-state index in [9.17, 15) is 9.59 Å². The highest BCUT2D eigenvalue weighted by atomic mass is 79.9. The zero-order chi connectivity index (χ0) is 26.1. The lowest BCUT2D eigenvalue weighted by molar-refractivity contribution is -0.143. The highest BCUT2D eigenvalue weighted by molar-refractivity contribution is 9.10. The molecule has 0 saturated heterocycles. The SMILES string of the molecule is COc1ccc(OCC(=O)N(Cc2ccc(Br)cc2)[C@@H](Cc2ccccc2)C(=O)NC(C)(C)C)cc1. The summed E-state index contributed by atoms with van der Waals surface area (Å²) in [5.41, 5.74) is 1.44. The third-order valence-corrected chi connectivity index (χ3v) is 5.99. The summed E-state index contributed by atoms with van der Waals surface area (Å²) in [5.74, 6) is 0.763. The highest BCUT2D eigenvalue weighted by Gasteiger charge is 2.32. The van der Waals surface area contributed by atoms with Crippen LogP contribution in [0.5, 0.6) is 11.5 Å². The van der Waals surface area contributed by atoms with Gasteiger partial charge in [-0.05, 0) is 68.3 Å². The van der Waals surface area contributed by atoms with Gasteiger partial charge < -0.3 is 19.7 Å². The van der Waals surface area contributed by atoms with Crippen molar-refractivity contribution in [1.82, 2.24) is 10.2 Å². The van der Waals surface area contributed by atoms with E-state index in [0.717, 1.165) is 15.6 Å². The molecule has 0 radical (unpaired) electrons. The first-order valence-electron chi connectivity index (χ1n) is 11.8. The minimum Gasteiger partial charge on any atom is -0.497 e. The van der Waals surface area contributed by atoms with Gasteiger partial charge in [0, 0.05) is 23.0 Å². The Balaban J connectivity index is 1.90. The van der Waals surface area contributed by atoms with Crippen molar-refractivity contribution < 1.29 is 19.1 Å². The summed E-state index contributed by atoms with van der Waals surface area (Å²) in [4.78, 5) is 28.7. The molecule has 0 aliphatic rings.